The molecule has 1 N–H and O–H groups in total. The van der Waals surface area contributed by atoms with Crippen molar-refractivity contribution in [2.45, 2.75) is 45.6 Å². The van der Waals surface area contributed by atoms with Gasteiger partial charge in [-0.25, -0.2) is 4.98 Å². The van der Waals surface area contributed by atoms with Gasteiger partial charge in [0, 0.05) is 24.4 Å². The third kappa shape index (κ3) is 3.51. The molecule has 0 atom stereocenters. The molecule has 20 heavy (non-hydrogen) atoms. The number of nitrogens with zero attached hydrogens (tertiary/aromatic N) is 2. The van der Waals surface area contributed by atoms with Crippen molar-refractivity contribution < 1.29 is 9.90 Å². The summed E-state index contributed by atoms with van der Waals surface area (Å²) in [7, 11) is 0. The topological polar surface area (TPSA) is 55.1 Å². The maximum Gasteiger partial charge on any atom is 0.303 e. The Kier molecular flexibility index (Phi) is 5.01. The van der Waals surface area contributed by atoms with E-state index in [0.29, 0.717) is 11.4 Å². The fraction of sp³-hybridized carbons (Fsp3) is 0.467. The van der Waals surface area contributed by atoms with Gasteiger partial charge in [0.25, 0.3) is 0 Å². The lowest BCUT2D eigenvalue weighted by atomic mass is 10.2. The van der Waals surface area contributed by atoms with Gasteiger partial charge in [-0.15, -0.1) is 0 Å². The summed E-state index contributed by atoms with van der Waals surface area (Å²) in [6.45, 7) is 3.04. The molecule has 4 nitrogen and oxygen atoms in total. The van der Waals surface area contributed by atoms with Crippen LogP contribution in [0.15, 0.2) is 18.2 Å². The van der Waals surface area contributed by atoms with Crippen molar-refractivity contribution in [3.8, 4) is 0 Å². The molecule has 0 aliphatic rings. The molecule has 0 spiro atoms. The first-order valence-electron chi connectivity index (χ1n) is 6.98. The minimum Gasteiger partial charge on any atom is -0.481 e. The number of benzene rings is 1. The molecule has 0 unspecified atom stereocenters. The molecule has 0 aliphatic heterocycles. The summed E-state index contributed by atoms with van der Waals surface area (Å²) in [5.74, 6) is 0.286. The average Bonchev–Trinajstić information content (AvgIpc) is 2.73. The van der Waals surface area contributed by atoms with E-state index in [4.69, 9.17) is 16.7 Å². The van der Waals surface area contributed by atoms with E-state index >= 15 is 0 Å². The van der Waals surface area contributed by atoms with Crippen LogP contribution in [0.5, 0.6) is 0 Å². The third-order valence-electron chi connectivity index (χ3n) is 3.28. The molecule has 0 bridgehead atoms. The summed E-state index contributed by atoms with van der Waals surface area (Å²) in [6.07, 6.45) is 3.58. The average molecular weight is 295 g/mol. The maximum atomic E-state index is 10.5. The Morgan fingerprint density at radius 1 is 1.40 bits per heavy atom. The Morgan fingerprint density at radius 2 is 2.20 bits per heavy atom. The molecule has 0 saturated carbocycles. The van der Waals surface area contributed by atoms with Crippen molar-refractivity contribution >= 4 is 28.6 Å². The third-order valence-corrected chi connectivity index (χ3v) is 3.51. The first-order chi connectivity index (χ1) is 9.61. The van der Waals surface area contributed by atoms with Crippen LogP contribution in [0.1, 0.15) is 38.4 Å². The Hall–Kier alpha value is -1.55. The molecule has 0 saturated heterocycles. The summed E-state index contributed by atoms with van der Waals surface area (Å²) in [4.78, 5) is 15.2. The van der Waals surface area contributed by atoms with Gasteiger partial charge in [0.2, 0.25) is 0 Å². The minimum absolute atomic E-state index is 0.222. The van der Waals surface area contributed by atoms with E-state index in [-0.39, 0.29) is 6.42 Å². The predicted molar refractivity (Wildman–Crippen MR) is 80.2 cm³/mol. The SMILES string of the molecule is CCCn1c(CCCCC(=O)O)nc2ccc(Cl)cc21. The summed E-state index contributed by atoms with van der Waals surface area (Å²) in [5, 5.41) is 9.37. The van der Waals surface area contributed by atoms with E-state index in [2.05, 4.69) is 16.5 Å². The molecule has 0 aliphatic carbocycles. The Labute approximate surface area is 123 Å². The quantitative estimate of drug-likeness (QED) is 0.788. The Balaban J connectivity index is 2.18. The van der Waals surface area contributed by atoms with Crippen molar-refractivity contribution in [2.24, 2.45) is 0 Å². The van der Waals surface area contributed by atoms with Gasteiger partial charge in [-0.1, -0.05) is 18.5 Å². The number of aryl methyl sites for hydroxylation is 2. The van der Waals surface area contributed by atoms with Crippen molar-refractivity contribution in [3.05, 3.63) is 29.0 Å². The Bertz CT molecular complexity index is 607. The lowest BCUT2D eigenvalue weighted by Gasteiger charge is -2.07. The number of imidazole rings is 1. The van der Waals surface area contributed by atoms with Crippen LogP contribution in [0.25, 0.3) is 11.0 Å². The smallest absolute Gasteiger partial charge is 0.303 e. The van der Waals surface area contributed by atoms with E-state index in [9.17, 15) is 4.79 Å². The van der Waals surface area contributed by atoms with Crippen molar-refractivity contribution in [1.29, 1.82) is 0 Å². The van der Waals surface area contributed by atoms with Crippen LogP contribution in [-0.2, 0) is 17.8 Å². The second-order valence-corrected chi connectivity index (χ2v) is 5.35. The molecule has 1 heterocycles. The van der Waals surface area contributed by atoms with E-state index in [0.717, 1.165) is 42.7 Å². The number of rotatable bonds is 7. The van der Waals surface area contributed by atoms with Gasteiger partial charge in [-0.2, -0.15) is 0 Å². The van der Waals surface area contributed by atoms with E-state index in [1.807, 2.05) is 18.2 Å². The molecule has 2 rings (SSSR count). The molecular formula is C15H19ClN2O2. The van der Waals surface area contributed by atoms with Crippen LogP contribution in [0.2, 0.25) is 5.02 Å². The minimum atomic E-state index is -0.737. The van der Waals surface area contributed by atoms with E-state index < -0.39 is 5.97 Å². The number of fused-ring (bicyclic) bond motifs is 1. The molecule has 2 aromatic rings. The highest BCUT2D eigenvalue weighted by atomic mass is 35.5. The van der Waals surface area contributed by atoms with Gasteiger partial charge in [0.15, 0.2) is 0 Å². The largest absolute Gasteiger partial charge is 0.481 e. The summed E-state index contributed by atoms with van der Waals surface area (Å²) in [6, 6.07) is 5.73. The second-order valence-electron chi connectivity index (χ2n) is 4.91. The van der Waals surface area contributed by atoms with Gasteiger partial charge in [0.05, 0.1) is 11.0 Å². The van der Waals surface area contributed by atoms with Gasteiger partial charge < -0.3 is 9.67 Å². The highest BCUT2D eigenvalue weighted by Gasteiger charge is 2.10. The van der Waals surface area contributed by atoms with Crippen LogP contribution < -0.4 is 0 Å². The molecule has 1 aromatic carbocycles. The number of hydrogen-bond donors (Lipinski definition) is 1. The van der Waals surface area contributed by atoms with Crippen LogP contribution in [-0.4, -0.2) is 20.6 Å². The fourth-order valence-electron chi connectivity index (χ4n) is 2.37. The van der Waals surface area contributed by atoms with Crippen LogP contribution in [0, 0.1) is 0 Å². The summed E-state index contributed by atoms with van der Waals surface area (Å²) >= 11 is 6.06. The highest BCUT2D eigenvalue weighted by Crippen LogP contribution is 2.22. The normalized spacial score (nSPS) is 11.1. The maximum absolute atomic E-state index is 10.5. The van der Waals surface area contributed by atoms with Crippen molar-refractivity contribution in [1.82, 2.24) is 9.55 Å². The second kappa shape index (κ2) is 6.75. The van der Waals surface area contributed by atoms with Gasteiger partial charge in [-0.3, -0.25) is 4.79 Å². The first-order valence-corrected chi connectivity index (χ1v) is 7.36. The molecule has 0 fully saturated rings. The molecular weight excluding hydrogens is 276 g/mol. The monoisotopic (exact) mass is 294 g/mol. The van der Waals surface area contributed by atoms with E-state index in [1.54, 1.807) is 0 Å². The Morgan fingerprint density at radius 3 is 2.90 bits per heavy atom. The number of aromatic nitrogens is 2. The number of aliphatic carboxylic acids is 1. The van der Waals surface area contributed by atoms with Crippen LogP contribution in [0.3, 0.4) is 0 Å². The van der Waals surface area contributed by atoms with Crippen molar-refractivity contribution in [3.63, 3.8) is 0 Å². The van der Waals surface area contributed by atoms with Gasteiger partial charge in [-0.05, 0) is 37.5 Å². The number of carboxylic acid groups (broad SMARTS) is 1. The van der Waals surface area contributed by atoms with E-state index in [1.165, 1.54) is 0 Å². The number of carboxylic acids is 1. The zero-order valence-corrected chi connectivity index (χ0v) is 12.4. The fourth-order valence-corrected chi connectivity index (χ4v) is 2.54. The lowest BCUT2D eigenvalue weighted by molar-refractivity contribution is -0.137. The molecule has 108 valence electrons. The summed E-state index contributed by atoms with van der Waals surface area (Å²) < 4.78 is 2.20. The standard InChI is InChI=1S/C15H19ClN2O2/c1-2-9-18-13-10-11(16)7-8-12(13)17-14(18)5-3-4-6-15(19)20/h7-8,10H,2-6,9H2,1H3,(H,19,20). The zero-order valence-electron chi connectivity index (χ0n) is 11.6. The molecule has 0 amide bonds. The number of hydrogen-bond acceptors (Lipinski definition) is 2. The van der Waals surface area contributed by atoms with Gasteiger partial charge >= 0.3 is 5.97 Å². The number of halogens is 1. The number of unbranched alkanes of at least 4 members (excludes halogenated alkanes) is 1. The first kappa shape index (κ1) is 14.9. The van der Waals surface area contributed by atoms with Crippen molar-refractivity contribution in [2.75, 3.05) is 0 Å². The van der Waals surface area contributed by atoms with Crippen LogP contribution >= 0.6 is 11.6 Å². The molecule has 0 radical (unpaired) electrons. The summed E-state index contributed by atoms with van der Waals surface area (Å²) in [5.41, 5.74) is 2.02. The van der Waals surface area contributed by atoms with Crippen LogP contribution in [0.4, 0.5) is 0 Å². The molecule has 5 heteroatoms. The zero-order chi connectivity index (χ0) is 14.5. The molecule has 1 aromatic heterocycles. The highest BCUT2D eigenvalue weighted by molar-refractivity contribution is 6.31. The number of carbonyl (C=O) groups is 1. The van der Waals surface area contributed by atoms with Gasteiger partial charge in [0.1, 0.15) is 5.82 Å². The lowest BCUT2D eigenvalue weighted by Crippen LogP contribution is -2.04. The predicted octanol–water partition coefficient (Wildman–Crippen LogP) is 3.90.